The van der Waals surface area contributed by atoms with Crippen molar-refractivity contribution in [1.82, 2.24) is 0 Å². The summed E-state index contributed by atoms with van der Waals surface area (Å²) in [5, 5.41) is 0.605. The Morgan fingerprint density at radius 2 is 2.00 bits per heavy atom. The van der Waals surface area contributed by atoms with Gasteiger partial charge in [-0.25, -0.2) is 4.39 Å². The monoisotopic (exact) mass is 211 g/mol. The molecule has 0 amide bonds. The van der Waals surface area contributed by atoms with Crippen molar-refractivity contribution in [1.29, 1.82) is 0 Å². The van der Waals surface area contributed by atoms with Crippen LogP contribution >= 0.6 is 11.8 Å². The van der Waals surface area contributed by atoms with E-state index in [0.29, 0.717) is 10.9 Å². The summed E-state index contributed by atoms with van der Waals surface area (Å²) in [7, 11) is 0. The maximum Gasteiger partial charge on any atom is 0.138 e. The Kier molecular flexibility index (Phi) is 2.96. The molecule has 0 unspecified atom stereocenters. The van der Waals surface area contributed by atoms with Crippen LogP contribution in [0.3, 0.4) is 0 Å². The second-order valence-corrected chi connectivity index (χ2v) is 5.06. The predicted octanol–water partition coefficient (Wildman–Crippen LogP) is 3.44. The van der Waals surface area contributed by atoms with E-state index in [4.69, 9.17) is 5.73 Å². The Balaban J connectivity index is 2.08. The van der Waals surface area contributed by atoms with Gasteiger partial charge in [-0.1, -0.05) is 12.8 Å². The maximum atomic E-state index is 13.4. The molecule has 0 radical (unpaired) electrons. The molecule has 0 aliphatic heterocycles. The standard InChI is InChI=1S/C11H14FNS/c12-10-7-8(13)5-6-11(10)14-9-3-1-2-4-9/h5-7,9H,1-4,13H2. The Hall–Kier alpha value is -0.700. The number of thioether (sulfide) groups is 1. The van der Waals surface area contributed by atoms with E-state index in [9.17, 15) is 4.39 Å². The molecule has 1 saturated carbocycles. The number of halogens is 1. The normalized spacial score (nSPS) is 17.5. The van der Waals surface area contributed by atoms with Gasteiger partial charge in [0.1, 0.15) is 5.82 Å². The lowest BCUT2D eigenvalue weighted by Gasteiger charge is -2.09. The SMILES string of the molecule is Nc1ccc(SC2CCCC2)c(F)c1. The van der Waals surface area contributed by atoms with Crippen LogP contribution < -0.4 is 5.73 Å². The largest absolute Gasteiger partial charge is 0.399 e. The van der Waals surface area contributed by atoms with Gasteiger partial charge in [0.05, 0.1) is 0 Å². The van der Waals surface area contributed by atoms with E-state index in [1.807, 2.05) is 0 Å². The van der Waals surface area contributed by atoms with E-state index in [1.165, 1.54) is 31.7 Å². The van der Waals surface area contributed by atoms with Crippen LogP contribution in [0.15, 0.2) is 23.1 Å². The number of benzene rings is 1. The highest BCUT2D eigenvalue weighted by Gasteiger charge is 2.17. The number of hydrogen-bond donors (Lipinski definition) is 1. The fraction of sp³-hybridized carbons (Fsp3) is 0.455. The van der Waals surface area contributed by atoms with Crippen molar-refractivity contribution >= 4 is 17.4 Å². The van der Waals surface area contributed by atoms with Gasteiger partial charge in [0.15, 0.2) is 0 Å². The molecule has 2 N–H and O–H groups in total. The average Bonchev–Trinajstić information content (AvgIpc) is 2.62. The van der Waals surface area contributed by atoms with Gasteiger partial charge >= 0.3 is 0 Å². The van der Waals surface area contributed by atoms with Gasteiger partial charge in [-0.15, -0.1) is 11.8 Å². The van der Waals surface area contributed by atoms with Crippen LogP contribution in [-0.2, 0) is 0 Å². The molecule has 1 aliphatic carbocycles. The molecule has 76 valence electrons. The topological polar surface area (TPSA) is 26.0 Å². The summed E-state index contributed by atoms with van der Waals surface area (Å²) in [4.78, 5) is 0.742. The average molecular weight is 211 g/mol. The van der Waals surface area contributed by atoms with Gasteiger partial charge in [0.2, 0.25) is 0 Å². The summed E-state index contributed by atoms with van der Waals surface area (Å²) in [6, 6.07) is 4.95. The van der Waals surface area contributed by atoms with Gasteiger partial charge in [-0.2, -0.15) is 0 Å². The summed E-state index contributed by atoms with van der Waals surface area (Å²) in [6.45, 7) is 0. The molecule has 1 fully saturated rings. The number of anilines is 1. The van der Waals surface area contributed by atoms with Crippen LogP contribution in [0.4, 0.5) is 10.1 Å². The van der Waals surface area contributed by atoms with Crippen LogP contribution in [0.5, 0.6) is 0 Å². The highest BCUT2D eigenvalue weighted by molar-refractivity contribution is 8.00. The predicted molar refractivity (Wildman–Crippen MR) is 58.9 cm³/mol. The Morgan fingerprint density at radius 1 is 1.29 bits per heavy atom. The molecule has 0 bridgehead atoms. The minimum atomic E-state index is -0.179. The van der Waals surface area contributed by atoms with Crippen molar-refractivity contribution in [3.63, 3.8) is 0 Å². The first-order valence-corrected chi connectivity index (χ1v) is 5.85. The van der Waals surface area contributed by atoms with Crippen LogP contribution in [-0.4, -0.2) is 5.25 Å². The van der Waals surface area contributed by atoms with E-state index >= 15 is 0 Å². The summed E-state index contributed by atoms with van der Waals surface area (Å²) >= 11 is 1.66. The lowest BCUT2D eigenvalue weighted by Crippen LogP contribution is -1.95. The molecule has 0 heterocycles. The first-order chi connectivity index (χ1) is 6.75. The molecule has 1 nitrogen and oxygen atoms in total. The van der Waals surface area contributed by atoms with E-state index in [-0.39, 0.29) is 5.82 Å². The number of rotatable bonds is 2. The van der Waals surface area contributed by atoms with Crippen LogP contribution in [0.1, 0.15) is 25.7 Å². The molecule has 0 spiro atoms. The Morgan fingerprint density at radius 3 is 2.64 bits per heavy atom. The van der Waals surface area contributed by atoms with Gasteiger partial charge in [-0.3, -0.25) is 0 Å². The van der Waals surface area contributed by atoms with Gasteiger partial charge in [-0.05, 0) is 31.0 Å². The molecule has 14 heavy (non-hydrogen) atoms. The van der Waals surface area contributed by atoms with Gasteiger partial charge in [0.25, 0.3) is 0 Å². The summed E-state index contributed by atoms with van der Waals surface area (Å²) < 4.78 is 13.4. The summed E-state index contributed by atoms with van der Waals surface area (Å²) in [5.41, 5.74) is 5.98. The molecule has 3 heteroatoms. The number of nitrogens with two attached hydrogens (primary N) is 1. The molecule has 0 aromatic heterocycles. The second kappa shape index (κ2) is 4.22. The van der Waals surface area contributed by atoms with E-state index in [0.717, 1.165) is 4.90 Å². The Labute approximate surface area is 87.9 Å². The first-order valence-electron chi connectivity index (χ1n) is 4.97. The molecule has 1 aromatic carbocycles. The van der Waals surface area contributed by atoms with Crippen LogP contribution in [0.2, 0.25) is 0 Å². The van der Waals surface area contributed by atoms with E-state index in [1.54, 1.807) is 23.9 Å². The van der Waals surface area contributed by atoms with E-state index in [2.05, 4.69) is 0 Å². The zero-order valence-electron chi connectivity index (χ0n) is 8.00. The summed E-state index contributed by atoms with van der Waals surface area (Å²) in [6.07, 6.45) is 5.01. The van der Waals surface area contributed by atoms with E-state index < -0.39 is 0 Å². The van der Waals surface area contributed by atoms with Crippen molar-refractivity contribution in [3.05, 3.63) is 24.0 Å². The lowest BCUT2D eigenvalue weighted by atomic mass is 10.3. The third-order valence-corrected chi connectivity index (χ3v) is 3.94. The third kappa shape index (κ3) is 2.21. The molecule has 2 rings (SSSR count). The molecule has 0 atom stereocenters. The minimum Gasteiger partial charge on any atom is -0.399 e. The van der Waals surface area contributed by atoms with Crippen molar-refractivity contribution in [3.8, 4) is 0 Å². The zero-order chi connectivity index (χ0) is 9.97. The molecule has 1 aliphatic rings. The quantitative estimate of drug-likeness (QED) is 0.758. The fourth-order valence-electron chi connectivity index (χ4n) is 1.80. The highest BCUT2D eigenvalue weighted by atomic mass is 32.2. The molecule has 0 saturated heterocycles. The van der Waals surface area contributed by atoms with Crippen molar-refractivity contribution in [2.75, 3.05) is 5.73 Å². The van der Waals surface area contributed by atoms with Crippen LogP contribution in [0.25, 0.3) is 0 Å². The smallest absolute Gasteiger partial charge is 0.138 e. The molecule has 1 aromatic rings. The van der Waals surface area contributed by atoms with Crippen LogP contribution in [0, 0.1) is 5.82 Å². The number of hydrogen-bond acceptors (Lipinski definition) is 2. The lowest BCUT2D eigenvalue weighted by molar-refractivity contribution is 0.602. The maximum absolute atomic E-state index is 13.4. The first kappa shape index (κ1) is 9.84. The number of nitrogen functional groups attached to an aromatic ring is 1. The van der Waals surface area contributed by atoms with Crippen molar-refractivity contribution in [2.45, 2.75) is 35.8 Å². The highest BCUT2D eigenvalue weighted by Crippen LogP contribution is 2.36. The van der Waals surface area contributed by atoms with Gasteiger partial charge < -0.3 is 5.73 Å². The zero-order valence-corrected chi connectivity index (χ0v) is 8.82. The fourth-order valence-corrected chi connectivity index (χ4v) is 3.04. The molecular formula is C11H14FNS. The summed E-state index contributed by atoms with van der Waals surface area (Å²) in [5.74, 6) is -0.179. The third-order valence-electron chi connectivity index (χ3n) is 2.55. The minimum absolute atomic E-state index is 0.179. The second-order valence-electron chi connectivity index (χ2n) is 3.71. The van der Waals surface area contributed by atoms with Gasteiger partial charge in [0, 0.05) is 15.8 Å². The molecular weight excluding hydrogens is 197 g/mol. The Bertz CT molecular complexity index is 321. The van der Waals surface area contributed by atoms with Crippen molar-refractivity contribution < 1.29 is 4.39 Å². The van der Waals surface area contributed by atoms with Crippen molar-refractivity contribution in [2.24, 2.45) is 0 Å².